The van der Waals surface area contributed by atoms with Gasteiger partial charge >= 0.3 is 0 Å². The van der Waals surface area contributed by atoms with Crippen molar-refractivity contribution in [3.63, 3.8) is 0 Å². The molecule has 2 rings (SSSR count). The maximum atomic E-state index is 11.7. The maximum absolute atomic E-state index is 11.7. The summed E-state index contributed by atoms with van der Waals surface area (Å²) >= 11 is 3.34. The number of amides is 1. The van der Waals surface area contributed by atoms with Gasteiger partial charge in [-0.1, -0.05) is 35.7 Å². The Hall–Kier alpha value is -2.34. The van der Waals surface area contributed by atoms with Gasteiger partial charge in [-0.2, -0.15) is 5.10 Å². The van der Waals surface area contributed by atoms with Crippen molar-refractivity contribution in [3.8, 4) is 11.5 Å². The van der Waals surface area contributed by atoms with E-state index in [1.165, 1.54) is 12.8 Å². The second kappa shape index (κ2) is 11.3. The van der Waals surface area contributed by atoms with Gasteiger partial charge in [-0.25, -0.2) is 5.43 Å². The lowest BCUT2D eigenvalue weighted by molar-refractivity contribution is -0.123. The average Bonchev–Trinajstić information content (AvgIpc) is 2.66. The summed E-state index contributed by atoms with van der Waals surface area (Å²) in [6, 6.07) is 14.8. The molecule has 0 aliphatic carbocycles. The van der Waals surface area contributed by atoms with Gasteiger partial charge in [0.25, 0.3) is 5.91 Å². The van der Waals surface area contributed by atoms with Gasteiger partial charge in [0, 0.05) is 4.47 Å². The third kappa shape index (κ3) is 7.70. The van der Waals surface area contributed by atoms with E-state index < -0.39 is 0 Å². The van der Waals surface area contributed by atoms with Crippen LogP contribution < -0.4 is 14.9 Å². The summed E-state index contributed by atoms with van der Waals surface area (Å²) in [6.07, 6.45) is 5.00. The number of nitrogens with zero attached hydrogens (tertiary/aromatic N) is 1. The Labute approximate surface area is 162 Å². The van der Waals surface area contributed by atoms with Gasteiger partial charge in [0.2, 0.25) is 0 Å². The molecular weight excluding hydrogens is 396 g/mol. The molecule has 0 aromatic heterocycles. The van der Waals surface area contributed by atoms with E-state index in [1.54, 1.807) is 18.3 Å². The number of hydrogen-bond donors (Lipinski definition) is 1. The molecule has 0 saturated heterocycles. The van der Waals surface area contributed by atoms with Gasteiger partial charge in [0.15, 0.2) is 6.61 Å². The number of unbranched alkanes of at least 4 members (excludes halogenated alkanes) is 2. The summed E-state index contributed by atoms with van der Waals surface area (Å²) in [4.78, 5) is 11.7. The van der Waals surface area contributed by atoms with Crippen LogP contribution in [0.4, 0.5) is 0 Å². The van der Waals surface area contributed by atoms with Crippen LogP contribution in [0.25, 0.3) is 0 Å². The minimum Gasteiger partial charge on any atom is -0.494 e. The first-order valence-corrected chi connectivity index (χ1v) is 9.40. The fourth-order valence-electron chi connectivity index (χ4n) is 2.08. The molecule has 0 atom stereocenters. The van der Waals surface area contributed by atoms with Gasteiger partial charge in [-0.3, -0.25) is 4.79 Å². The topological polar surface area (TPSA) is 59.9 Å². The second-order valence-electron chi connectivity index (χ2n) is 5.66. The standard InChI is InChI=1S/C20H23BrN2O3/c1-2-3-4-13-25-18-9-5-16(6-10-18)14-22-23-20(24)15-26-19-11-7-17(21)8-12-19/h5-12,14H,2-4,13,15H2,1H3,(H,23,24). The normalized spacial score (nSPS) is 10.7. The molecule has 0 radical (unpaired) electrons. The molecule has 1 amide bonds. The van der Waals surface area contributed by atoms with Gasteiger partial charge in [-0.05, 0) is 60.5 Å². The lowest BCUT2D eigenvalue weighted by Gasteiger charge is -2.06. The molecule has 0 aliphatic heterocycles. The van der Waals surface area contributed by atoms with E-state index in [1.807, 2.05) is 36.4 Å². The number of rotatable bonds is 10. The fourth-order valence-corrected chi connectivity index (χ4v) is 2.35. The van der Waals surface area contributed by atoms with Crippen LogP contribution in [0.2, 0.25) is 0 Å². The number of benzene rings is 2. The molecule has 1 N–H and O–H groups in total. The minimum absolute atomic E-state index is 0.0937. The molecule has 0 heterocycles. The highest BCUT2D eigenvalue weighted by Gasteiger charge is 2.01. The first-order chi connectivity index (χ1) is 12.7. The molecule has 6 heteroatoms. The van der Waals surface area contributed by atoms with E-state index in [4.69, 9.17) is 9.47 Å². The number of ether oxygens (including phenoxy) is 2. The van der Waals surface area contributed by atoms with Gasteiger partial charge in [0.05, 0.1) is 12.8 Å². The number of nitrogens with one attached hydrogen (secondary N) is 1. The molecule has 0 saturated carbocycles. The van der Waals surface area contributed by atoms with Crippen LogP contribution in [-0.2, 0) is 4.79 Å². The van der Waals surface area contributed by atoms with Gasteiger partial charge in [0.1, 0.15) is 11.5 Å². The highest BCUT2D eigenvalue weighted by atomic mass is 79.9. The molecule has 2 aromatic carbocycles. The van der Waals surface area contributed by atoms with Crippen molar-refractivity contribution < 1.29 is 14.3 Å². The Morgan fingerprint density at radius 3 is 2.38 bits per heavy atom. The molecule has 0 unspecified atom stereocenters. The molecule has 138 valence electrons. The summed E-state index contributed by atoms with van der Waals surface area (Å²) in [5, 5.41) is 3.93. The SMILES string of the molecule is CCCCCOc1ccc(C=NNC(=O)COc2ccc(Br)cc2)cc1. The highest BCUT2D eigenvalue weighted by molar-refractivity contribution is 9.10. The van der Waals surface area contributed by atoms with E-state index in [2.05, 4.69) is 33.4 Å². The summed E-state index contributed by atoms with van der Waals surface area (Å²) in [7, 11) is 0. The zero-order valence-corrected chi connectivity index (χ0v) is 16.4. The molecule has 0 spiro atoms. The maximum Gasteiger partial charge on any atom is 0.277 e. The van der Waals surface area contributed by atoms with Crippen LogP contribution in [0.3, 0.4) is 0 Å². The highest BCUT2D eigenvalue weighted by Crippen LogP contribution is 2.16. The van der Waals surface area contributed by atoms with E-state index >= 15 is 0 Å². The minimum atomic E-state index is -0.319. The predicted octanol–water partition coefficient (Wildman–Crippen LogP) is 4.55. The van der Waals surface area contributed by atoms with E-state index in [0.717, 1.165) is 28.8 Å². The predicted molar refractivity (Wildman–Crippen MR) is 107 cm³/mol. The van der Waals surface area contributed by atoms with Crippen molar-refractivity contribution >= 4 is 28.1 Å². The largest absolute Gasteiger partial charge is 0.494 e. The van der Waals surface area contributed by atoms with E-state index in [9.17, 15) is 4.79 Å². The molecule has 26 heavy (non-hydrogen) atoms. The zero-order valence-electron chi connectivity index (χ0n) is 14.8. The zero-order chi connectivity index (χ0) is 18.6. The van der Waals surface area contributed by atoms with Crippen LogP contribution >= 0.6 is 15.9 Å². The van der Waals surface area contributed by atoms with Crippen LogP contribution in [0.1, 0.15) is 31.7 Å². The van der Waals surface area contributed by atoms with Crippen LogP contribution in [-0.4, -0.2) is 25.3 Å². The lowest BCUT2D eigenvalue weighted by atomic mass is 10.2. The number of hydrazone groups is 1. The smallest absolute Gasteiger partial charge is 0.277 e. The van der Waals surface area contributed by atoms with Crippen LogP contribution in [0, 0.1) is 0 Å². The molecule has 0 aliphatic rings. The van der Waals surface area contributed by atoms with Crippen molar-refractivity contribution in [2.75, 3.05) is 13.2 Å². The van der Waals surface area contributed by atoms with Crippen molar-refractivity contribution in [3.05, 3.63) is 58.6 Å². The Bertz CT molecular complexity index is 700. The number of carbonyl (C=O) groups is 1. The fraction of sp³-hybridized carbons (Fsp3) is 0.300. The monoisotopic (exact) mass is 418 g/mol. The van der Waals surface area contributed by atoms with Gasteiger partial charge in [-0.15, -0.1) is 0 Å². The molecule has 5 nitrogen and oxygen atoms in total. The van der Waals surface area contributed by atoms with Crippen LogP contribution in [0.15, 0.2) is 58.1 Å². The first kappa shape index (κ1) is 20.0. The van der Waals surface area contributed by atoms with Crippen molar-refractivity contribution in [2.45, 2.75) is 26.2 Å². The van der Waals surface area contributed by atoms with Crippen LogP contribution in [0.5, 0.6) is 11.5 Å². The third-order valence-corrected chi connectivity index (χ3v) is 4.01. The Morgan fingerprint density at radius 1 is 1.04 bits per heavy atom. The Kier molecular flexibility index (Phi) is 8.69. The number of halogens is 1. The average molecular weight is 419 g/mol. The first-order valence-electron chi connectivity index (χ1n) is 8.60. The summed E-state index contributed by atoms with van der Waals surface area (Å²) in [5.74, 6) is 1.15. The lowest BCUT2D eigenvalue weighted by Crippen LogP contribution is -2.24. The van der Waals surface area contributed by atoms with Crippen molar-refractivity contribution in [2.24, 2.45) is 5.10 Å². The number of hydrogen-bond acceptors (Lipinski definition) is 4. The van der Waals surface area contributed by atoms with E-state index in [-0.39, 0.29) is 12.5 Å². The van der Waals surface area contributed by atoms with Crippen molar-refractivity contribution in [1.29, 1.82) is 0 Å². The molecule has 2 aromatic rings. The van der Waals surface area contributed by atoms with Crippen molar-refractivity contribution in [1.82, 2.24) is 5.43 Å². The Morgan fingerprint density at radius 2 is 1.69 bits per heavy atom. The summed E-state index contributed by atoms with van der Waals surface area (Å²) in [6.45, 7) is 2.80. The molecule has 0 bridgehead atoms. The Balaban J connectivity index is 1.70. The summed E-state index contributed by atoms with van der Waals surface area (Å²) in [5.41, 5.74) is 3.32. The van der Waals surface area contributed by atoms with Gasteiger partial charge < -0.3 is 9.47 Å². The second-order valence-corrected chi connectivity index (χ2v) is 6.58. The summed E-state index contributed by atoms with van der Waals surface area (Å²) < 4.78 is 12.0. The third-order valence-electron chi connectivity index (χ3n) is 3.48. The number of carbonyl (C=O) groups excluding carboxylic acids is 1. The van der Waals surface area contributed by atoms with E-state index in [0.29, 0.717) is 5.75 Å². The quantitative estimate of drug-likeness (QED) is 0.349. The molecule has 0 fully saturated rings. The molecular formula is C20H23BrN2O3.